The lowest BCUT2D eigenvalue weighted by molar-refractivity contribution is -0.301. The molecule has 0 aliphatic carbocycles. The Kier molecular flexibility index (Phi) is 51.1. The number of hydrogen-bond acceptors (Lipinski definition) is 11. The SMILES string of the molecule is CC/C=C\C/C=C\C/C=C\CCCCCC(=O)OC1C(OCC(COC(=O)CCCCCCCCCCC/C=C\CCCCCCCC)OC(=O)CCCCCCCCC/C=C\CCCCCCCC)OC(C(=O)O)C(O)C1O. The molecule has 0 radical (unpaired) electrons. The number of esters is 3. The lowest BCUT2D eigenvalue weighted by Gasteiger charge is -2.40. The monoisotopic (exact) mass is 1110 g/mol. The number of carbonyl (C=O) groups excluding carboxylic acids is 3. The van der Waals surface area contributed by atoms with Crippen molar-refractivity contribution in [3.8, 4) is 0 Å². The summed E-state index contributed by atoms with van der Waals surface area (Å²) in [4.78, 5) is 51.3. The molecule has 6 unspecified atom stereocenters. The summed E-state index contributed by atoms with van der Waals surface area (Å²) in [5, 5.41) is 31.5. The van der Waals surface area contributed by atoms with E-state index in [1.165, 1.54) is 141 Å². The molecule has 0 spiro atoms. The van der Waals surface area contributed by atoms with Crippen molar-refractivity contribution in [3.05, 3.63) is 60.8 Å². The van der Waals surface area contributed by atoms with Crippen molar-refractivity contribution in [2.45, 2.75) is 327 Å². The molecular formula is C67H116O12. The Bertz CT molecular complexity index is 1600. The van der Waals surface area contributed by atoms with E-state index in [1.54, 1.807) is 0 Å². The van der Waals surface area contributed by atoms with Gasteiger partial charge in [0.1, 0.15) is 18.8 Å². The highest BCUT2D eigenvalue weighted by molar-refractivity contribution is 5.74. The zero-order valence-electron chi connectivity index (χ0n) is 50.4. The van der Waals surface area contributed by atoms with Crippen molar-refractivity contribution in [1.29, 1.82) is 0 Å². The van der Waals surface area contributed by atoms with E-state index < -0.39 is 67.3 Å². The highest BCUT2D eigenvalue weighted by atomic mass is 16.7. The van der Waals surface area contributed by atoms with Crippen LogP contribution in [-0.4, -0.2) is 89.2 Å². The van der Waals surface area contributed by atoms with Crippen LogP contribution in [0, 0.1) is 0 Å². The maximum atomic E-state index is 13.2. The van der Waals surface area contributed by atoms with Gasteiger partial charge in [0.15, 0.2) is 24.6 Å². The minimum absolute atomic E-state index is 0.0248. The number of allylic oxidation sites excluding steroid dienone is 10. The summed E-state index contributed by atoms with van der Waals surface area (Å²) in [6.07, 6.45) is 56.2. The highest BCUT2D eigenvalue weighted by Gasteiger charge is 2.50. The summed E-state index contributed by atoms with van der Waals surface area (Å²) in [5.41, 5.74) is 0. The number of ether oxygens (including phenoxy) is 5. The first kappa shape index (κ1) is 73.4. The summed E-state index contributed by atoms with van der Waals surface area (Å²) in [6.45, 7) is 5.88. The maximum absolute atomic E-state index is 13.2. The average Bonchev–Trinajstić information content (AvgIpc) is 3.46. The quantitative estimate of drug-likeness (QED) is 0.0228. The molecule has 6 atom stereocenters. The molecule has 1 heterocycles. The Morgan fingerprint density at radius 3 is 1.24 bits per heavy atom. The van der Waals surface area contributed by atoms with Gasteiger partial charge in [-0.3, -0.25) is 14.4 Å². The van der Waals surface area contributed by atoms with E-state index in [4.69, 9.17) is 23.7 Å². The van der Waals surface area contributed by atoms with Gasteiger partial charge in [-0.15, -0.1) is 0 Å². The fourth-order valence-corrected chi connectivity index (χ4v) is 9.61. The predicted octanol–water partition coefficient (Wildman–Crippen LogP) is 17.1. The molecule has 3 N–H and O–H groups in total. The van der Waals surface area contributed by atoms with Gasteiger partial charge < -0.3 is 39.0 Å². The van der Waals surface area contributed by atoms with Crippen molar-refractivity contribution in [3.63, 3.8) is 0 Å². The van der Waals surface area contributed by atoms with E-state index in [9.17, 15) is 34.5 Å². The Morgan fingerprint density at radius 1 is 0.430 bits per heavy atom. The van der Waals surface area contributed by atoms with Crippen molar-refractivity contribution < 1.29 is 58.2 Å². The molecule has 0 amide bonds. The molecule has 0 saturated carbocycles. The number of carboxylic acid groups (broad SMARTS) is 1. The van der Waals surface area contributed by atoms with Crippen LogP contribution in [0.25, 0.3) is 0 Å². The van der Waals surface area contributed by atoms with Gasteiger partial charge >= 0.3 is 23.9 Å². The number of hydrogen-bond donors (Lipinski definition) is 3. The number of aliphatic carboxylic acids is 1. The molecule has 1 rings (SSSR count). The summed E-state index contributed by atoms with van der Waals surface area (Å²) >= 11 is 0. The van der Waals surface area contributed by atoms with Crippen LogP contribution >= 0.6 is 0 Å². The molecule has 456 valence electrons. The van der Waals surface area contributed by atoms with E-state index in [0.29, 0.717) is 19.3 Å². The molecule has 12 heteroatoms. The zero-order valence-corrected chi connectivity index (χ0v) is 50.4. The Hall–Kier alpha value is -3.58. The number of rotatable bonds is 55. The van der Waals surface area contributed by atoms with E-state index in [-0.39, 0.29) is 25.9 Å². The lowest BCUT2D eigenvalue weighted by Crippen LogP contribution is -2.61. The molecule has 1 fully saturated rings. The van der Waals surface area contributed by atoms with Gasteiger partial charge in [0.2, 0.25) is 0 Å². The van der Waals surface area contributed by atoms with Gasteiger partial charge in [-0.05, 0) is 103 Å². The van der Waals surface area contributed by atoms with Crippen LogP contribution in [0.3, 0.4) is 0 Å². The smallest absolute Gasteiger partial charge is 0.335 e. The third-order valence-corrected chi connectivity index (χ3v) is 14.5. The van der Waals surface area contributed by atoms with Crippen molar-refractivity contribution in [2.24, 2.45) is 0 Å². The minimum Gasteiger partial charge on any atom is -0.479 e. The van der Waals surface area contributed by atoms with Crippen LogP contribution in [0.5, 0.6) is 0 Å². The summed E-state index contributed by atoms with van der Waals surface area (Å²) in [7, 11) is 0. The molecule has 1 aliphatic rings. The van der Waals surface area contributed by atoms with Crippen LogP contribution in [0.15, 0.2) is 60.8 Å². The first-order valence-electron chi connectivity index (χ1n) is 32.3. The fraction of sp³-hybridized carbons (Fsp3) is 0.791. The summed E-state index contributed by atoms with van der Waals surface area (Å²) in [5.74, 6) is -3.15. The second kappa shape index (κ2) is 55.0. The van der Waals surface area contributed by atoms with E-state index >= 15 is 0 Å². The molecule has 1 saturated heterocycles. The Balaban J connectivity index is 2.66. The van der Waals surface area contributed by atoms with E-state index in [1.807, 2.05) is 0 Å². The summed E-state index contributed by atoms with van der Waals surface area (Å²) in [6, 6.07) is 0. The van der Waals surface area contributed by atoms with Crippen molar-refractivity contribution >= 4 is 23.9 Å². The second-order valence-electron chi connectivity index (χ2n) is 22.0. The third-order valence-electron chi connectivity index (χ3n) is 14.5. The molecular weight excluding hydrogens is 997 g/mol. The Morgan fingerprint density at radius 2 is 0.797 bits per heavy atom. The van der Waals surface area contributed by atoms with Crippen LogP contribution in [-0.2, 0) is 42.9 Å². The molecule has 0 aromatic carbocycles. The minimum atomic E-state index is -1.91. The molecule has 0 bridgehead atoms. The van der Waals surface area contributed by atoms with Crippen LogP contribution in [0.4, 0.5) is 0 Å². The largest absolute Gasteiger partial charge is 0.479 e. The first-order valence-corrected chi connectivity index (χ1v) is 32.3. The number of unbranched alkanes of at least 4 members (excludes halogenated alkanes) is 31. The van der Waals surface area contributed by atoms with Gasteiger partial charge in [0.05, 0.1) is 6.61 Å². The van der Waals surface area contributed by atoms with Crippen LogP contribution < -0.4 is 0 Å². The topological polar surface area (TPSA) is 175 Å². The van der Waals surface area contributed by atoms with Crippen molar-refractivity contribution in [1.82, 2.24) is 0 Å². The van der Waals surface area contributed by atoms with Gasteiger partial charge in [0.25, 0.3) is 0 Å². The molecule has 12 nitrogen and oxygen atoms in total. The van der Waals surface area contributed by atoms with Crippen molar-refractivity contribution in [2.75, 3.05) is 13.2 Å². The van der Waals surface area contributed by atoms with Gasteiger partial charge in [-0.2, -0.15) is 0 Å². The highest BCUT2D eigenvalue weighted by Crippen LogP contribution is 2.27. The van der Waals surface area contributed by atoms with Gasteiger partial charge in [-0.1, -0.05) is 229 Å². The van der Waals surface area contributed by atoms with E-state index in [0.717, 1.165) is 89.9 Å². The number of carboxylic acids is 1. The molecule has 79 heavy (non-hydrogen) atoms. The molecule has 0 aromatic rings. The maximum Gasteiger partial charge on any atom is 0.335 e. The number of carbonyl (C=O) groups is 4. The van der Waals surface area contributed by atoms with Crippen LogP contribution in [0.1, 0.15) is 290 Å². The predicted molar refractivity (Wildman–Crippen MR) is 322 cm³/mol. The van der Waals surface area contributed by atoms with Gasteiger partial charge in [-0.25, -0.2) is 4.79 Å². The number of aliphatic hydroxyl groups excluding tert-OH is 2. The average molecular weight is 1110 g/mol. The zero-order chi connectivity index (χ0) is 57.5. The molecule has 0 aromatic heterocycles. The summed E-state index contributed by atoms with van der Waals surface area (Å²) < 4.78 is 28.5. The first-order chi connectivity index (χ1) is 38.6. The van der Waals surface area contributed by atoms with E-state index in [2.05, 4.69) is 81.5 Å². The third kappa shape index (κ3) is 44.7. The Labute approximate surface area is 481 Å². The van der Waals surface area contributed by atoms with Crippen LogP contribution in [0.2, 0.25) is 0 Å². The fourth-order valence-electron chi connectivity index (χ4n) is 9.61. The molecule has 1 aliphatic heterocycles. The number of aliphatic hydroxyl groups is 2. The normalized spacial score (nSPS) is 18.2. The van der Waals surface area contributed by atoms with Gasteiger partial charge in [0, 0.05) is 19.3 Å². The standard InChI is InChI=1S/C67H116O12/c1-4-7-10-13-16-19-22-25-27-29-30-32-33-36-38-41-44-47-50-53-59(68)75-56-58(77-60(69)54-51-48-45-42-40-37-34-31-28-26-23-20-17-14-11-8-5-2)57-76-67-65(63(72)62(71)64(79-67)66(73)74)78-61(70)55-52-49-46-43-39-35-24-21-18-15-12-9-6-3/h9,12,18,21,25-28,35,39,58,62-65,67,71-72H,4-8,10-11,13-17,19-20,22-24,29-34,36-38,40-57H2,1-3H3,(H,73,74)/b12-9-,21-18-,27-25-,28-26-,39-35-. The second-order valence-corrected chi connectivity index (χ2v) is 22.0. The lowest BCUT2D eigenvalue weighted by atomic mass is 9.98.